The number of hydrogen-bond donors (Lipinski definition) is 1. The first kappa shape index (κ1) is 8.87. The van der Waals surface area contributed by atoms with E-state index in [0.29, 0.717) is 19.6 Å². The molecule has 4 heteroatoms. The normalized spacial score (nSPS) is 28.9. The van der Waals surface area contributed by atoms with Gasteiger partial charge in [-0.3, -0.25) is 0 Å². The highest BCUT2D eigenvalue weighted by atomic mass is 19.3. The molecule has 0 amide bonds. The van der Waals surface area contributed by atoms with Gasteiger partial charge in [0.1, 0.15) is 0 Å². The van der Waals surface area contributed by atoms with Crippen molar-refractivity contribution in [3.8, 4) is 0 Å². The number of ether oxygens (including phenoxy) is 1. The summed E-state index contributed by atoms with van der Waals surface area (Å²) in [5.74, 6) is -2.95. The molecule has 66 valence electrons. The summed E-state index contributed by atoms with van der Waals surface area (Å²) in [6.07, 6.45) is 0.657. The van der Waals surface area contributed by atoms with E-state index in [4.69, 9.17) is 10.5 Å². The van der Waals surface area contributed by atoms with Gasteiger partial charge in [0.05, 0.1) is 12.6 Å². The molecule has 0 saturated carbocycles. The highest BCUT2D eigenvalue weighted by Crippen LogP contribution is 2.26. The van der Waals surface area contributed by atoms with E-state index in [0.717, 1.165) is 6.92 Å². The van der Waals surface area contributed by atoms with Crippen molar-refractivity contribution in [3.63, 3.8) is 0 Å². The summed E-state index contributed by atoms with van der Waals surface area (Å²) >= 11 is 0. The second-order valence-electron chi connectivity index (χ2n) is 3.11. The van der Waals surface area contributed by atoms with Gasteiger partial charge in [-0.25, -0.2) is 8.78 Å². The van der Waals surface area contributed by atoms with Gasteiger partial charge >= 0.3 is 0 Å². The lowest BCUT2D eigenvalue weighted by Crippen LogP contribution is -2.44. The highest BCUT2D eigenvalue weighted by molar-refractivity contribution is 4.84. The van der Waals surface area contributed by atoms with Gasteiger partial charge in [-0.05, 0) is 6.42 Å². The average Bonchev–Trinajstić information content (AvgIpc) is 2.34. The number of hydrogen-bond acceptors (Lipinski definition) is 2. The summed E-state index contributed by atoms with van der Waals surface area (Å²) in [6, 6.07) is -1.05. The Morgan fingerprint density at radius 1 is 1.64 bits per heavy atom. The van der Waals surface area contributed by atoms with Gasteiger partial charge in [0.2, 0.25) is 0 Å². The largest absolute Gasteiger partial charge is 0.381 e. The number of halogens is 2. The lowest BCUT2D eigenvalue weighted by atomic mass is 9.95. The summed E-state index contributed by atoms with van der Waals surface area (Å²) in [4.78, 5) is 0. The van der Waals surface area contributed by atoms with Gasteiger partial charge in [0.25, 0.3) is 5.92 Å². The molecule has 11 heavy (non-hydrogen) atoms. The maximum absolute atomic E-state index is 12.6. The summed E-state index contributed by atoms with van der Waals surface area (Å²) in [6.45, 7) is 1.80. The van der Waals surface area contributed by atoms with Crippen LogP contribution in [-0.4, -0.2) is 25.2 Å². The molecule has 2 atom stereocenters. The zero-order chi connectivity index (χ0) is 8.48. The molecule has 1 aliphatic heterocycles. The molecule has 2 N–H and O–H groups in total. The maximum atomic E-state index is 12.6. The van der Waals surface area contributed by atoms with Crippen LogP contribution >= 0.6 is 0 Å². The number of alkyl halides is 2. The van der Waals surface area contributed by atoms with Gasteiger partial charge in [0.15, 0.2) is 0 Å². The van der Waals surface area contributed by atoms with Crippen molar-refractivity contribution in [2.45, 2.75) is 25.3 Å². The molecule has 1 aliphatic rings. The van der Waals surface area contributed by atoms with Crippen molar-refractivity contribution < 1.29 is 13.5 Å². The third-order valence-electron chi connectivity index (χ3n) is 2.06. The van der Waals surface area contributed by atoms with Crippen molar-refractivity contribution >= 4 is 0 Å². The molecule has 0 spiro atoms. The van der Waals surface area contributed by atoms with E-state index in [-0.39, 0.29) is 5.92 Å². The van der Waals surface area contributed by atoms with Crippen molar-refractivity contribution in [3.05, 3.63) is 0 Å². The lowest BCUT2D eigenvalue weighted by Gasteiger charge is -2.23. The SMILES string of the molecule is CC(F)(F)C(N)C1CCOC1. The monoisotopic (exact) mass is 165 g/mol. The Hall–Kier alpha value is -0.220. The molecule has 1 rings (SSSR count). The van der Waals surface area contributed by atoms with Gasteiger partial charge < -0.3 is 10.5 Å². The molecular formula is C7H13F2NO. The van der Waals surface area contributed by atoms with Crippen molar-refractivity contribution in [2.75, 3.05) is 13.2 Å². The van der Waals surface area contributed by atoms with Crippen LogP contribution in [-0.2, 0) is 4.74 Å². The van der Waals surface area contributed by atoms with E-state index in [1.165, 1.54) is 0 Å². The smallest absolute Gasteiger partial charge is 0.260 e. The molecule has 1 saturated heterocycles. The van der Waals surface area contributed by atoms with Crippen molar-refractivity contribution in [1.82, 2.24) is 0 Å². The topological polar surface area (TPSA) is 35.2 Å². The average molecular weight is 165 g/mol. The van der Waals surface area contributed by atoms with E-state index in [1.807, 2.05) is 0 Å². The van der Waals surface area contributed by atoms with Gasteiger partial charge in [-0.1, -0.05) is 0 Å². The van der Waals surface area contributed by atoms with Crippen molar-refractivity contribution in [1.29, 1.82) is 0 Å². The Balaban J connectivity index is 2.46. The fourth-order valence-corrected chi connectivity index (χ4v) is 1.25. The number of rotatable bonds is 2. The van der Waals surface area contributed by atoms with Crippen LogP contribution in [0.15, 0.2) is 0 Å². The van der Waals surface area contributed by atoms with E-state index < -0.39 is 12.0 Å². The van der Waals surface area contributed by atoms with E-state index in [9.17, 15) is 8.78 Å². The Labute approximate surface area is 64.7 Å². The quantitative estimate of drug-likeness (QED) is 0.662. The van der Waals surface area contributed by atoms with Crippen LogP contribution in [0, 0.1) is 5.92 Å². The molecular weight excluding hydrogens is 152 g/mol. The van der Waals surface area contributed by atoms with Crippen LogP contribution in [0.5, 0.6) is 0 Å². The first-order valence-corrected chi connectivity index (χ1v) is 3.73. The standard InChI is InChI=1S/C7H13F2NO/c1-7(8,9)6(10)5-2-3-11-4-5/h5-6H,2-4,10H2,1H3. The minimum Gasteiger partial charge on any atom is -0.381 e. The van der Waals surface area contributed by atoms with Crippen LogP contribution in [0.2, 0.25) is 0 Å². The summed E-state index contributed by atoms with van der Waals surface area (Å²) in [5.41, 5.74) is 5.33. The predicted octanol–water partition coefficient (Wildman–Crippen LogP) is 1.01. The Kier molecular flexibility index (Phi) is 2.44. The Bertz CT molecular complexity index is 129. The van der Waals surface area contributed by atoms with Crippen LogP contribution in [0.1, 0.15) is 13.3 Å². The molecule has 0 aromatic rings. The molecule has 1 heterocycles. The molecule has 0 radical (unpaired) electrons. The van der Waals surface area contributed by atoms with Crippen LogP contribution in [0.4, 0.5) is 8.78 Å². The molecule has 0 aromatic heterocycles. The van der Waals surface area contributed by atoms with E-state index in [2.05, 4.69) is 0 Å². The molecule has 0 bridgehead atoms. The second kappa shape index (κ2) is 3.03. The summed E-state index contributed by atoms with van der Waals surface area (Å²) in [5, 5.41) is 0. The van der Waals surface area contributed by atoms with Gasteiger partial charge in [-0.15, -0.1) is 0 Å². The van der Waals surface area contributed by atoms with Gasteiger partial charge in [-0.2, -0.15) is 0 Å². The zero-order valence-corrected chi connectivity index (χ0v) is 6.52. The number of nitrogens with two attached hydrogens (primary N) is 1. The molecule has 1 fully saturated rings. The van der Waals surface area contributed by atoms with Crippen LogP contribution in [0.3, 0.4) is 0 Å². The zero-order valence-electron chi connectivity index (χ0n) is 6.52. The third-order valence-corrected chi connectivity index (χ3v) is 2.06. The van der Waals surface area contributed by atoms with Gasteiger partial charge in [0, 0.05) is 19.4 Å². The molecule has 2 unspecified atom stereocenters. The van der Waals surface area contributed by atoms with Crippen LogP contribution in [0.25, 0.3) is 0 Å². The summed E-state index contributed by atoms with van der Waals surface area (Å²) in [7, 11) is 0. The Morgan fingerprint density at radius 2 is 2.27 bits per heavy atom. The second-order valence-corrected chi connectivity index (χ2v) is 3.11. The molecule has 0 aliphatic carbocycles. The molecule has 0 aromatic carbocycles. The summed E-state index contributed by atoms with van der Waals surface area (Å²) < 4.78 is 30.1. The van der Waals surface area contributed by atoms with E-state index in [1.54, 1.807) is 0 Å². The first-order chi connectivity index (χ1) is 5.02. The fourth-order valence-electron chi connectivity index (χ4n) is 1.25. The van der Waals surface area contributed by atoms with E-state index >= 15 is 0 Å². The molecule has 2 nitrogen and oxygen atoms in total. The minimum atomic E-state index is -2.78. The highest BCUT2D eigenvalue weighted by Gasteiger charge is 2.38. The lowest BCUT2D eigenvalue weighted by molar-refractivity contribution is -0.0254. The fraction of sp³-hybridized carbons (Fsp3) is 1.00. The van der Waals surface area contributed by atoms with Crippen LogP contribution < -0.4 is 5.73 Å². The van der Waals surface area contributed by atoms with Crippen molar-refractivity contribution in [2.24, 2.45) is 11.7 Å². The predicted molar refractivity (Wildman–Crippen MR) is 37.5 cm³/mol. The minimum absolute atomic E-state index is 0.171. The maximum Gasteiger partial charge on any atom is 0.260 e. The Morgan fingerprint density at radius 3 is 2.64 bits per heavy atom. The third kappa shape index (κ3) is 2.10. The first-order valence-electron chi connectivity index (χ1n) is 3.73.